The Bertz CT molecular complexity index is 828. The van der Waals surface area contributed by atoms with Gasteiger partial charge in [-0.3, -0.25) is 4.79 Å². The molecule has 0 bridgehead atoms. The normalized spacial score (nSPS) is 17.4. The van der Waals surface area contributed by atoms with E-state index < -0.39 is 0 Å². The molecule has 0 heterocycles. The van der Waals surface area contributed by atoms with E-state index in [4.69, 9.17) is 11.6 Å². The van der Waals surface area contributed by atoms with Gasteiger partial charge >= 0.3 is 0 Å². The Morgan fingerprint density at radius 1 is 1.00 bits per heavy atom. The third-order valence-corrected chi connectivity index (χ3v) is 4.93. The van der Waals surface area contributed by atoms with Gasteiger partial charge in [0.2, 0.25) is 0 Å². The molecule has 116 valence electrons. The zero-order valence-corrected chi connectivity index (χ0v) is 14.3. The summed E-state index contributed by atoms with van der Waals surface area (Å²) in [6.07, 6.45) is 2.23. The Balaban J connectivity index is 2.12. The highest BCUT2D eigenvalue weighted by Crippen LogP contribution is 2.39. The van der Waals surface area contributed by atoms with E-state index in [1.165, 1.54) is 16.7 Å². The lowest BCUT2D eigenvalue weighted by Crippen LogP contribution is -2.08. The van der Waals surface area contributed by atoms with Gasteiger partial charge in [-0.1, -0.05) is 65.2 Å². The molecule has 0 N–H and O–H groups in total. The van der Waals surface area contributed by atoms with Crippen LogP contribution >= 0.6 is 11.6 Å². The first-order valence-corrected chi connectivity index (χ1v) is 8.12. The van der Waals surface area contributed by atoms with Crippen LogP contribution < -0.4 is 0 Å². The number of hydrogen-bond acceptors (Lipinski definition) is 1. The molecule has 1 nitrogen and oxygen atoms in total. The Hall–Kier alpha value is -2.12. The molecule has 0 saturated carbocycles. The van der Waals surface area contributed by atoms with Crippen LogP contribution in [0.15, 0.2) is 71.3 Å². The van der Waals surface area contributed by atoms with E-state index in [2.05, 4.69) is 26.8 Å². The zero-order chi connectivity index (χ0) is 16.6. The first-order valence-electron chi connectivity index (χ1n) is 7.74. The summed E-state index contributed by atoms with van der Waals surface area (Å²) in [6, 6.07) is 15.0. The number of allylic oxidation sites excluding steroid dienone is 4. The first kappa shape index (κ1) is 15.8. The van der Waals surface area contributed by atoms with Crippen LogP contribution in [0.1, 0.15) is 48.2 Å². The van der Waals surface area contributed by atoms with E-state index in [0.29, 0.717) is 16.1 Å². The van der Waals surface area contributed by atoms with Gasteiger partial charge in [-0.15, -0.1) is 0 Å². The fourth-order valence-corrected chi connectivity index (χ4v) is 3.28. The molecule has 2 aromatic carbocycles. The van der Waals surface area contributed by atoms with Crippen molar-refractivity contribution in [3.63, 3.8) is 0 Å². The second-order valence-corrected chi connectivity index (χ2v) is 6.50. The van der Waals surface area contributed by atoms with Gasteiger partial charge in [0.1, 0.15) is 0 Å². The van der Waals surface area contributed by atoms with Crippen molar-refractivity contribution >= 4 is 17.4 Å². The monoisotopic (exact) mass is 322 g/mol. The Morgan fingerprint density at radius 3 is 2.30 bits per heavy atom. The van der Waals surface area contributed by atoms with Crippen LogP contribution in [-0.2, 0) is 0 Å². The van der Waals surface area contributed by atoms with Gasteiger partial charge in [0.25, 0.3) is 0 Å². The number of carbonyl (C=O) groups is 1. The summed E-state index contributed by atoms with van der Waals surface area (Å²) in [4.78, 5) is 13.0. The van der Waals surface area contributed by atoms with E-state index in [1.54, 1.807) is 6.07 Å². The Morgan fingerprint density at radius 2 is 1.70 bits per heavy atom. The number of carbonyl (C=O) groups excluding carboxylic acids is 1. The predicted octanol–water partition coefficient (Wildman–Crippen LogP) is 5.95. The fraction of sp³-hybridized carbons (Fsp3) is 0.190. The van der Waals surface area contributed by atoms with Gasteiger partial charge in [0, 0.05) is 22.1 Å². The molecule has 0 fully saturated rings. The maximum absolute atomic E-state index is 13.0. The van der Waals surface area contributed by atoms with E-state index in [1.807, 2.05) is 42.5 Å². The van der Waals surface area contributed by atoms with Crippen molar-refractivity contribution < 1.29 is 4.79 Å². The van der Waals surface area contributed by atoms with Crippen molar-refractivity contribution in [1.82, 2.24) is 0 Å². The zero-order valence-electron chi connectivity index (χ0n) is 13.6. The van der Waals surface area contributed by atoms with Crippen molar-refractivity contribution in [2.75, 3.05) is 0 Å². The van der Waals surface area contributed by atoms with Crippen LogP contribution in [0, 0.1) is 0 Å². The summed E-state index contributed by atoms with van der Waals surface area (Å²) in [6.45, 7) is 6.39. The Kier molecular flexibility index (Phi) is 4.23. The van der Waals surface area contributed by atoms with Gasteiger partial charge < -0.3 is 0 Å². The van der Waals surface area contributed by atoms with Crippen LogP contribution in [0.3, 0.4) is 0 Å². The summed E-state index contributed by atoms with van der Waals surface area (Å²) in [7, 11) is 0. The molecular formula is C21H19ClO. The molecule has 23 heavy (non-hydrogen) atoms. The summed E-state index contributed by atoms with van der Waals surface area (Å²) in [5.74, 6) is 0.168. The molecule has 0 spiro atoms. The molecule has 0 radical (unpaired) electrons. The fourth-order valence-electron chi connectivity index (χ4n) is 3.11. The third kappa shape index (κ3) is 2.89. The van der Waals surface area contributed by atoms with Crippen molar-refractivity contribution in [3.05, 3.63) is 93.0 Å². The van der Waals surface area contributed by atoms with Crippen molar-refractivity contribution in [2.45, 2.75) is 26.7 Å². The first-order chi connectivity index (χ1) is 11.0. The predicted molar refractivity (Wildman–Crippen MR) is 96.2 cm³/mol. The quantitative estimate of drug-likeness (QED) is 0.638. The van der Waals surface area contributed by atoms with Gasteiger partial charge in [0.15, 0.2) is 5.78 Å². The minimum Gasteiger partial charge on any atom is -0.289 e. The van der Waals surface area contributed by atoms with E-state index >= 15 is 0 Å². The van der Waals surface area contributed by atoms with Gasteiger partial charge in [-0.2, -0.15) is 0 Å². The standard InChI is InChI=1S/C21H19ClO/c1-13-11-19(15(3)14(13)2)18-10-9-17(22)12-20(18)21(23)16-7-5-4-6-8-16/h4-12,19H,1-3H3. The van der Waals surface area contributed by atoms with Gasteiger partial charge in [0.05, 0.1) is 0 Å². The number of halogens is 1. The minimum atomic E-state index is 0.0199. The lowest BCUT2D eigenvalue weighted by atomic mass is 9.87. The van der Waals surface area contributed by atoms with Crippen LogP contribution in [-0.4, -0.2) is 5.78 Å². The second-order valence-electron chi connectivity index (χ2n) is 6.06. The highest BCUT2D eigenvalue weighted by Gasteiger charge is 2.25. The SMILES string of the molecule is CC1=CC(c2ccc(Cl)cc2C(=O)c2ccccc2)C(C)=C1C. The second kappa shape index (κ2) is 6.17. The molecule has 2 heteroatoms. The number of rotatable bonds is 3. The summed E-state index contributed by atoms with van der Waals surface area (Å²) >= 11 is 6.17. The summed E-state index contributed by atoms with van der Waals surface area (Å²) < 4.78 is 0. The molecule has 3 rings (SSSR count). The van der Waals surface area contributed by atoms with Crippen molar-refractivity contribution in [2.24, 2.45) is 0 Å². The van der Waals surface area contributed by atoms with Crippen molar-refractivity contribution in [3.8, 4) is 0 Å². The lowest BCUT2D eigenvalue weighted by molar-refractivity contribution is 0.103. The number of ketones is 1. The smallest absolute Gasteiger partial charge is 0.193 e. The molecule has 0 aromatic heterocycles. The van der Waals surface area contributed by atoms with Crippen LogP contribution in [0.2, 0.25) is 5.02 Å². The molecule has 0 saturated heterocycles. The Labute approximate surface area is 142 Å². The number of benzene rings is 2. The van der Waals surface area contributed by atoms with Gasteiger partial charge in [-0.25, -0.2) is 0 Å². The average Bonchev–Trinajstić information content (AvgIpc) is 2.82. The van der Waals surface area contributed by atoms with Gasteiger partial charge in [-0.05, 0) is 44.0 Å². The molecule has 1 aliphatic carbocycles. The topological polar surface area (TPSA) is 17.1 Å². The summed E-state index contributed by atoms with van der Waals surface area (Å²) in [5.41, 5.74) is 6.28. The minimum absolute atomic E-state index is 0.0199. The molecular weight excluding hydrogens is 304 g/mol. The maximum Gasteiger partial charge on any atom is 0.193 e. The molecule has 0 amide bonds. The maximum atomic E-state index is 13.0. The molecule has 0 aliphatic heterocycles. The summed E-state index contributed by atoms with van der Waals surface area (Å²) in [5, 5.41) is 0.588. The van der Waals surface area contributed by atoms with E-state index in [9.17, 15) is 4.79 Å². The molecule has 2 aromatic rings. The highest BCUT2D eigenvalue weighted by atomic mass is 35.5. The van der Waals surface area contributed by atoms with Crippen molar-refractivity contribution in [1.29, 1.82) is 0 Å². The van der Waals surface area contributed by atoms with E-state index in [-0.39, 0.29) is 11.7 Å². The van der Waals surface area contributed by atoms with Crippen LogP contribution in [0.5, 0.6) is 0 Å². The molecule has 1 aliphatic rings. The largest absolute Gasteiger partial charge is 0.289 e. The third-order valence-electron chi connectivity index (χ3n) is 4.70. The number of hydrogen-bond donors (Lipinski definition) is 0. The lowest BCUT2D eigenvalue weighted by Gasteiger charge is -2.16. The highest BCUT2D eigenvalue weighted by molar-refractivity contribution is 6.31. The van der Waals surface area contributed by atoms with Crippen LogP contribution in [0.25, 0.3) is 0 Å². The molecule has 1 atom stereocenters. The molecule has 1 unspecified atom stereocenters. The van der Waals surface area contributed by atoms with Crippen LogP contribution in [0.4, 0.5) is 0 Å². The van der Waals surface area contributed by atoms with E-state index in [0.717, 1.165) is 5.56 Å². The average molecular weight is 323 g/mol.